The van der Waals surface area contributed by atoms with Crippen molar-refractivity contribution < 1.29 is 19.4 Å². The minimum Gasteiger partial charge on any atom is -0.481 e. The standard InChI is InChI=1S/C12H14N2O4/c1-2-18-12(17)9-5-13-4-3-10(9)14-6-8(7-14)11(15)16/h3-5,8H,2,6-7H2,1H3,(H,15,16). The summed E-state index contributed by atoms with van der Waals surface area (Å²) >= 11 is 0. The molecule has 2 rings (SSSR count). The molecule has 6 nitrogen and oxygen atoms in total. The molecule has 0 radical (unpaired) electrons. The summed E-state index contributed by atoms with van der Waals surface area (Å²) < 4.78 is 4.94. The van der Waals surface area contributed by atoms with Gasteiger partial charge in [-0.15, -0.1) is 0 Å². The highest BCUT2D eigenvalue weighted by molar-refractivity contribution is 5.96. The molecule has 1 aromatic rings. The summed E-state index contributed by atoms with van der Waals surface area (Å²) in [6.45, 7) is 2.85. The number of carboxylic acids is 1. The van der Waals surface area contributed by atoms with E-state index >= 15 is 0 Å². The van der Waals surface area contributed by atoms with Gasteiger partial charge in [-0.05, 0) is 13.0 Å². The molecule has 18 heavy (non-hydrogen) atoms. The van der Waals surface area contributed by atoms with Crippen LogP contribution in [0.4, 0.5) is 5.69 Å². The second-order valence-electron chi connectivity index (χ2n) is 4.05. The number of aliphatic carboxylic acids is 1. The van der Waals surface area contributed by atoms with Crippen LogP contribution in [0.2, 0.25) is 0 Å². The van der Waals surface area contributed by atoms with Gasteiger partial charge in [0, 0.05) is 25.5 Å². The Morgan fingerprint density at radius 3 is 2.89 bits per heavy atom. The van der Waals surface area contributed by atoms with E-state index in [0.29, 0.717) is 30.9 Å². The van der Waals surface area contributed by atoms with E-state index in [1.807, 2.05) is 4.90 Å². The Hall–Kier alpha value is -2.11. The Balaban J connectivity index is 2.14. The average molecular weight is 250 g/mol. The molecule has 0 bridgehead atoms. The highest BCUT2D eigenvalue weighted by atomic mass is 16.5. The maximum atomic E-state index is 11.7. The van der Waals surface area contributed by atoms with E-state index in [9.17, 15) is 9.59 Å². The highest BCUT2D eigenvalue weighted by Gasteiger charge is 2.34. The lowest BCUT2D eigenvalue weighted by Crippen LogP contribution is -2.51. The molecule has 6 heteroatoms. The Labute approximate surface area is 104 Å². The number of aromatic nitrogens is 1. The van der Waals surface area contributed by atoms with Gasteiger partial charge in [-0.3, -0.25) is 9.78 Å². The maximum Gasteiger partial charge on any atom is 0.341 e. The molecule has 1 aromatic heterocycles. The molecule has 1 fully saturated rings. The summed E-state index contributed by atoms with van der Waals surface area (Å²) in [7, 11) is 0. The number of rotatable bonds is 4. The van der Waals surface area contributed by atoms with Crippen LogP contribution in [0.15, 0.2) is 18.5 Å². The number of hydrogen-bond donors (Lipinski definition) is 1. The van der Waals surface area contributed by atoms with Crippen molar-refractivity contribution >= 4 is 17.6 Å². The van der Waals surface area contributed by atoms with Gasteiger partial charge in [0.15, 0.2) is 0 Å². The minimum absolute atomic E-state index is 0.297. The summed E-state index contributed by atoms with van der Waals surface area (Å²) in [6.07, 6.45) is 3.02. The summed E-state index contributed by atoms with van der Waals surface area (Å²) in [4.78, 5) is 28.2. The molecule has 0 spiro atoms. The molecule has 96 valence electrons. The largest absolute Gasteiger partial charge is 0.481 e. The van der Waals surface area contributed by atoms with E-state index in [2.05, 4.69) is 4.98 Å². The van der Waals surface area contributed by atoms with E-state index in [4.69, 9.17) is 9.84 Å². The first kappa shape index (κ1) is 12.3. The topological polar surface area (TPSA) is 79.7 Å². The Bertz CT molecular complexity index is 469. The normalized spacial score (nSPS) is 15.1. The van der Waals surface area contributed by atoms with Crippen LogP contribution in [0.3, 0.4) is 0 Å². The van der Waals surface area contributed by atoms with Crippen molar-refractivity contribution in [2.24, 2.45) is 5.92 Å². The fourth-order valence-corrected chi connectivity index (χ4v) is 1.86. The molecule has 0 aromatic carbocycles. The number of esters is 1. The highest BCUT2D eigenvalue weighted by Crippen LogP contribution is 2.27. The van der Waals surface area contributed by atoms with Crippen LogP contribution in [0.25, 0.3) is 0 Å². The zero-order valence-corrected chi connectivity index (χ0v) is 10.00. The van der Waals surface area contributed by atoms with Crippen molar-refractivity contribution in [1.82, 2.24) is 4.98 Å². The summed E-state index contributed by atoms with van der Waals surface area (Å²) in [5.74, 6) is -1.61. The third-order valence-corrected chi connectivity index (χ3v) is 2.86. The van der Waals surface area contributed by atoms with Crippen LogP contribution >= 0.6 is 0 Å². The number of carbonyl (C=O) groups excluding carboxylic acids is 1. The molecule has 0 saturated carbocycles. The van der Waals surface area contributed by atoms with Crippen LogP contribution in [0.1, 0.15) is 17.3 Å². The van der Waals surface area contributed by atoms with Crippen LogP contribution in [-0.4, -0.2) is 41.7 Å². The second-order valence-corrected chi connectivity index (χ2v) is 4.05. The number of carbonyl (C=O) groups is 2. The fraction of sp³-hybridized carbons (Fsp3) is 0.417. The second kappa shape index (κ2) is 5.03. The summed E-state index contributed by atoms with van der Waals surface area (Å²) in [5, 5.41) is 8.83. The van der Waals surface area contributed by atoms with Gasteiger partial charge in [0.2, 0.25) is 0 Å². The van der Waals surface area contributed by atoms with E-state index in [1.54, 1.807) is 19.2 Å². The molecule has 2 heterocycles. The lowest BCUT2D eigenvalue weighted by Gasteiger charge is -2.39. The fourth-order valence-electron chi connectivity index (χ4n) is 1.86. The quantitative estimate of drug-likeness (QED) is 0.795. The number of ether oxygens (including phenoxy) is 1. The van der Waals surface area contributed by atoms with Crippen molar-refractivity contribution in [3.05, 3.63) is 24.0 Å². The number of anilines is 1. The molecule has 0 unspecified atom stereocenters. The van der Waals surface area contributed by atoms with Crippen molar-refractivity contribution in [2.45, 2.75) is 6.92 Å². The number of hydrogen-bond acceptors (Lipinski definition) is 5. The Morgan fingerprint density at radius 1 is 1.56 bits per heavy atom. The van der Waals surface area contributed by atoms with E-state index in [0.717, 1.165) is 0 Å². The predicted octanol–water partition coefficient (Wildman–Crippen LogP) is 0.779. The molecule has 0 amide bonds. The zero-order chi connectivity index (χ0) is 13.1. The van der Waals surface area contributed by atoms with E-state index in [1.165, 1.54) is 6.20 Å². The van der Waals surface area contributed by atoms with Crippen molar-refractivity contribution in [3.63, 3.8) is 0 Å². The molecule has 1 aliphatic heterocycles. The van der Waals surface area contributed by atoms with Gasteiger partial charge >= 0.3 is 11.9 Å². The van der Waals surface area contributed by atoms with Crippen molar-refractivity contribution in [1.29, 1.82) is 0 Å². The van der Waals surface area contributed by atoms with Gasteiger partial charge in [0.05, 0.1) is 18.2 Å². The maximum absolute atomic E-state index is 11.7. The lowest BCUT2D eigenvalue weighted by molar-refractivity contribution is -0.142. The van der Waals surface area contributed by atoms with Crippen LogP contribution in [0.5, 0.6) is 0 Å². The lowest BCUT2D eigenvalue weighted by atomic mass is 9.98. The number of pyridine rings is 1. The van der Waals surface area contributed by atoms with Gasteiger partial charge in [0.1, 0.15) is 5.56 Å². The molecule has 1 saturated heterocycles. The molecule has 0 atom stereocenters. The summed E-state index contributed by atoms with van der Waals surface area (Å²) in [6, 6.07) is 1.70. The van der Waals surface area contributed by atoms with Gasteiger partial charge in [-0.25, -0.2) is 4.79 Å². The van der Waals surface area contributed by atoms with Gasteiger partial charge < -0.3 is 14.7 Å². The van der Waals surface area contributed by atoms with Crippen molar-refractivity contribution in [3.8, 4) is 0 Å². The van der Waals surface area contributed by atoms with Gasteiger partial charge in [-0.1, -0.05) is 0 Å². The Kier molecular flexibility index (Phi) is 3.45. The minimum atomic E-state index is -0.807. The Morgan fingerprint density at radius 2 is 2.28 bits per heavy atom. The van der Waals surface area contributed by atoms with Crippen LogP contribution < -0.4 is 4.90 Å². The SMILES string of the molecule is CCOC(=O)c1cnccc1N1CC(C(=O)O)C1. The molecular formula is C12H14N2O4. The third kappa shape index (κ3) is 2.27. The number of carboxylic acid groups (broad SMARTS) is 1. The monoisotopic (exact) mass is 250 g/mol. The van der Waals surface area contributed by atoms with E-state index in [-0.39, 0.29) is 5.92 Å². The van der Waals surface area contributed by atoms with Gasteiger partial charge in [0.25, 0.3) is 0 Å². The molecule has 1 N–H and O–H groups in total. The van der Waals surface area contributed by atoms with Crippen molar-refractivity contribution in [2.75, 3.05) is 24.6 Å². The first-order chi connectivity index (χ1) is 8.63. The molecular weight excluding hydrogens is 236 g/mol. The summed E-state index contributed by atoms with van der Waals surface area (Å²) in [5.41, 5.74) is 1.06. The predicted molar refractivity (Wildman–Crippen MR) is 63.5 cm³/mol. The van der Waals surface area contributed by atoms with Gasteiger partial charge in [-0.2, -0.15) is 0 Å². The molecule has 1 aliphatic rings. The van der Waals surface area contributed by atoms with Crippen LogP contribution in [-0.2, 0) is 9.53 Å². The van der Waals surface area contributed by atoms with Crippen LogP contribution in [0, 0.1) is 5.92 Å². The molecule has 0 aliphatic carbocycles. The first-order valence-corrected chi connectivity index (χ1v) is 5.72. The third-order valence-electron chi connectivity index (χ3n) is 2.86. The van der Waals surface area contributed by atoms with E-state index < -0.39 is 11.9 Å². The first-order valence-electron chi connectivity index (χ1n) is 5.72. The average Bonchev–Trinajstić information content (AvgIpc) is 2.27. The smallest absolute Gasteiger partial charge is 0.341 e. The number of nitrogens with zero attached hydrogens (tertiary/aromatic N) is 2. The zero-order valence-electron chi connectivity index (χ0n) is 10.00.